The predicted molar refractivity (Wildman–Crippen MR) is 136 cm³/mol. The van der Waals surface area contributed by atoms with Gasteiger partial charge in [0.25, 0.3) is 0 Å². The molecule has 0 fully saturated rings. The van der Waals surface area contributed by atoms with Crippen molar-refractivity contribution in [2.45, 2.75) is 26.2 Å². The molecule has 0 radical (unpaired) electrons. The highest BCUT2D eigenvalue weighted by molar-refractivity contribution is 6.24. The van der Waals surface area contributed by atoms with Gasteiger partial charge in [0.05, 0.1) is 39.3 Å². The number of hydrogen-bond donors (Lipinski definition) is 0. The fraction of sp³-hybridized carbons (Fsp3) is 0.133. The van der Waals surface area contributed by atoms with Gasteiger partial charge in [-0.1, -0.05) is 45.0 Å². The van der Waals surface area contributed by atoms with E-state index in [0.29, 0.717) is 16.8 Å². The van der Waals surface area contributed by atoms with Gasteiger partial charge < -0.3 is 8.98 Å². The third kappa shape index (κ3) is 2.76. The van der Waals surface area contributed by atoms with Crippen molar-refractivity contribution in [2.75, 3.05) is 0 Å². The molecule has 0 N–H and O–H groups in total. The van der Waals surface area contributed by atoms with Crippen molar-refractivity contribution >= 4 is 43.7 Å². The molecular formula is C30H21N3O. The molecule has 4 aromatic carbocycles. The first kappa shape index (κ1) is 20.1. The van der Waals surface area contributed by atoms with Crippen LogP contribution < -0.4 is 0 Å². The van der Waals surface area contributed by atoms with Crippen LogP contribution in [0, 0.1) is 22.7 Å². The third-order valence-corrected chi connectivity index (χ3v) is 6.63. The van der Waals surface area contributed by atoms with Gasteiger partial charge in [0, 0.05) is 16.2 Å². The van der Waals surface area contributed by atoms with Crippen molar-refractivity contribution < 1.29 is 4.42 Å². The van der Waals surface area contributed by atoms with E-state index in [1.54, 1.807) is 18.2 Å². The molecule has 4 nitrogen and oxygen atoms in total. The molecule has 2 heterocycles. The van der Waals surface area contributed by atoms with Crippen LogP contribution in [0.5, 0.6) is 0 Å². The number of aromatic nitrogens is 1. The van der Waals surface area contributed by atoms with Crippen molar-refractivity contribution in [3.05, 3.63) is 89.5 Å². The summed E-state index contributed by atoms with van der Waals surface area (Å²) < 4.78 is 8.51. The minimum Gasteiger partial charge on any atom is -0.455 e. The highest BCUT2D eigenvalue weighted by Gasteiger charge is 2.22. The number of fused-ring (bicyclic) bond motifs is 7. The summed E-state index contributed by atoms with van der Waals surface area (Å²) in [6.45, 7) is 6.61. The molecule has 0 aliphatic carbocycles. The number of furan rings is 1. The number of nitriles is 2. The molecule has 162 valence electrons. The fourth-order valence-electron chi connectivity index (χ4n) is 4.89. The van der Waals surface area contributed by atoms with Crippen LogP contribution in [0.2, 0.25) is 0 Å². The van der Waals surface area contributed by atoms with Gasteiger partial charge in [-0.3, -0.25) is 0 Å². The lowest BCUT2D eigenvalue weighted by Gasteiger charge is -2.19. The molecule has 6 aromatic rings. The molecule has 0 saturated carbocycles. The summed E-state index contributed by atoms with van der Waals surface area (Å²) in [4.78, 5) is 0. The minimum atomic E-state index is -0.0249. The van der Waals surface area contributed by atoms with Gasteiger partial charge in [-0.05, 0) is 59.5 Å². The zero-order valence-corrected chi connectivity index (χ0v) is 19.2. The molecule has 0 atom stereocenters. The topological polar surface area (TPSA) is 65.7 Å². The van der Waals surface area contributed by atoms with Crippen molar-refractivity contribution in [1.29, 1.82) is 10.5 Å². The molecule has 0 bridgehead atoms. The molecule has 2 aromatic heterocycles. The van der Waals surface area contributed by atoms with Crippen LogP contribution in [0.4, 0.5) is 0 Å². The molecule has 4 heteroatoms. The van der Waals surface area contributed by atoms with E-state index in [-0.39, 0.29) is 5.41 Å². The summed E-state index contributed by atoms with van der Waals surface area (Å²) >= 11 is 0. The number of rotatable bonds is 1. The maximum absolute atomic E-state index is 9.88. The number of hydrogen-bond acceptors (Lipinski definition) is 3. The van der Waals surface area contributed by atoms with Crippen molar-refractivity contribution in [3.8, 4) is 17.8 Å². The Bertz CT molecular complexity index is 1860. The number of nitrogens with zero attached hydrogens (tertiary/aromatic N) is 3. The van der Waals surface area contributed by atoms with Crippen molar-refractivity contribution in [2.24, 2.45) is 0 Å². The Morgan fingerprint density at radius 3 is 2.32 bits per heavy atom. The Hall–Kier alpha value is -4.54. The second-order valence-corrected chi connectivity index (χ2v) is 9.71. The molecule has 0 aliphatic heterocycles. The Balaban J connectivity index is 1.86. The average Bonchev–Trinajstić information content (AvgIpc) is 3.38. The van der Waals surface area contributed by atoms with Crippen LogP contribution in [0.25, 0.3) is 49.4 Å². The first-order valence-corrected chi connectivity index (χ1v) is 11.2. The van der Waals surface area contributed by atoms with Gasteiger partial charge in [-0.2, -0.15) is 10.5 Å². The van der Waals surface area contributed by atoms with E-state index in [0.717, 1.165) is 43.7 Å². The third-order valence-electron chi connectivity index (χ3n) is 6.63. The van der Waals surface area contributed by atoms with Crippen LogP contribution in [-0.2, 0) is 5.41 Å². The number of para-hydroxylation sites is 1. The molecule has 34 heavy (non-hydrogen) atoms. The second kappa shape index (κ2) is 6.98. The molecular weight excluding hydrogens is 418 g/mol. The Labute approximate surface area is 196 Å². The van der Waals surface area contributed by atoms with E-state index in [4.69, 9.17) is 4.42 Å². The zero-order chi connectivity index (χ0) is 23.6. The standard InChI is InChI=1S/C30H21N3O/c1-30(2,3)20-10-12-24-23(15-20)28-25(33(24)26-14-18(16-31)8-9-19(26)17-32)13-11-22-21-6-4-5-7-27(21)34-29(22)28/h4-15H,1-3H3. The van der Waals surface area contributed by atoms with Gasteiger partial charge in [0.15, 0.2) is 0 Å². The molecule has 0 spiro atoms. The van der Waals surface area contributed by atoms with Gasteiger partial charge in [-0.15, -0.1) is 0 Å². The van der Waals surface area contributed by atoms with E-state index < -0.39 is 0 Å². The highest BCUT2D eigenvalue weighted by atomic mass is 16.3. The van der Waals surface area contributed by atoms with Crippen LogP contribution in [0.3, 0.4) is 0 Å². The van der Waals surface area contributed by atoms with Crippen molar-refractivity contribution in [1.82, 2.24) is 4.57 Å². The summed E-state index contributed by atoms with van der Waals surface area (Å²) in [5.74, 6) is 0. The SMILES string of the molecule is CC(C)(C)c1ccc2c(c1)c1c3oc4ccccc4c3ccc1n2-c1cc(C#N)ccc1C#N. The highest BCUT2D eigenvalue weighted by Crippen LogP contribution is 2.42. The Kier molecular flexibility index (Phi) is 4.12. The lowest BCUT2D eigenvalue weighted by Crippen LogP contribution is -2.10. The normalized spacial score (nSPS) is 11.9. The zero-order valence-electron chi connectivity index (χ0n) is 19.2. The monoisotopic (exact) mass is 439 g/mol. The van der Waals surface area contributed by atoms with Crippen LogP contribution in [0.1, 0.15) is 37.5 Å². The average molecular weight is 440 g/mol. The van der Waals surface area contributed by atoms with Gasteiger partial charge >= 0.3 is 0 Å². The first-order chi connectivity index (χ1) is 16.4. The maximum atomic E-state index is 9.88. The molecule has 0 amide bonds. The van der Waals surface area contributed by atoms with Crippen LogP contribution >= 0.6 is 0 Å². The van der Waals surface area contributed by atoms with E-state index in [1.807, 2.05) is 18.2 Å². The van der Waals surface area contributed by atoms with E-state index in [1.165, 1.54) is 5.56 Å². The molecule has 0 unspecified atom stereocenters. The predicted octanol–water partition coefficient (Wildman–Crippen LogP) is 7.72. The smallest absolute Gasteiger partial charge is 0.145 e. The van der Waals surface area contributed by atoms with Gasteiger partial charge in [0.1, 0.15) is 17.2 Å². The largest absolute Gasteiger partial charge is 0.455 e. The summed E-state index contributed by atoms with van der Waals surface area (Å²) in [5.41, 5.74) is 6.52. The lowest BCUT2D eigenvalue weighted by atomic mass is 9.86. The Morgan fingerprint density at radius 1 is 0.765 bits per heavy atom. The van der Waals surface area contributed by atoms with E-state index in [2.05, 4.69) is 73.9 Å². The molecule has 0 aliphatic rings. The van der Waals surface area contributed by atoms with Crippen LogP contribution in [-0.4, -0.2) is 4.57 Å². The summed E-state index contributed by atoms with van der Waals surface area (Å²) in [7, 11) is 0. The molecule has 0 saturated heterocycles. The quantitative estimate of drug-likeness (QED) is 0.263. The summed E-state index contributed by atoms with van der Waals surface area (Å²) in [5, 5.41) is 23.6. The van der Waals surface area contributed by atoms with Crippen molar-refractivity contribution in [3.63, 3.8) is 0 Å². The minimum absolute atomic E-state index is 0.0249. The molecule has 6 rings (SSSR count). The van der Waals surface area contributed by atoms with Gasteiger partial charge in [0.2, 0.25) is 0 Å². The van der Waals surface area contributed by atoms with E-state index >= 15 is 0 Å². The summed E-state index contributed by atoms with van der Waals surface area (Å²) in [6.07, 6.45) is 0. The second-order valence-electron chi connectivity index (χ2n) is 9.71. The van der Waals surface area contributed by atoms with Crippen LogP contribution in [0.15, 0.2) is 77.2 Å². The lowest BCUT2D eigenvalue weighted by molar-refractivity contribution is 0.591. The maximum Gasteiger partial charge on any atom is 0.145 e. The first-order valence-electron chi connectivity index (χ1n) is 11.2. The number of benzene rings is 4. The van der Waals surface area contributed by atoms with E-state index in [9.17, 15) is 10.5 Å². The Morgan fingerprint density at radius 2 is 1.56 bits per heavy atom. The van der Waals surface area contributed by atoms with Gasteiger partial charge in [-0.25, -0.2) is 0 Å². The summed E-state index contributed by atoms with van der Waals surface area (Å²) in [6, 6.07) is 28.5. The fourth-order valence-corrected chi connectivity index (χ4v) is 4.89.